The molecule has 10 heteroatoms. The zero-order chi connectivity index (χ0) is 27.1. The maximum absolute atomic E-state index is 12.4. The first kappa shape index (κ1) is 26.6. The van der Waals surface area contributed by atoms with Gasteiger partial charge in [-0.3, -0.25) is 9.63 Å². The van der Waals surface area contributed by atoms with Crippen LogP contribution < -0.4 is 5.48 Å². The summed E-state index contributed by atoms with van der Waals surface area (Å²) in [5.74, 6) is -1.61. The minimum absolute atomic E-state index is 0.0508. The van der Waals surface area contributed by atoms with Gasteiger partial charge in [0.1, 0.15) is 0 Å². The van der Waals surface area contributed by atoms with Gasteiger partial charge in [-0.15, -0.1) is 0 Å². The molecule has 0 unspecified atom stereocenters. The molecule has 1 amide bonds. The number of hydroxylamine groups is 1. The number of nitrogens with one attached hydrogen (secondary N) is 2. The first-order valence-corrected chi connectivity index (χ1v) is 11.9. The number of hydrogen-bond acceptors (Lipinski definition) is 7. The van der Waals surface area contributed by atoms with Crippen molar-refractivity contribution in [2.45, 2.75) is 0 Å². The number of nitrogens with zero attached hydrogens (tertiary/aromatic N) is 2. The Morgan fingerprint density at radius 2 is 1.68 bits per heavy atom. The van der Waals surface area contributed by atoms with Gasteiger partial charge in [0.15, 0.2) is 5.88 Å². The van der Waals surface area contributed by atoms with Gasteiger partial charge in [-0.05, 0) is 43.4 Å². The average Bonchev–Trinajstić information content (AvgIpc) is 3.25. The number of aromatic carboxylic acids is 1. The van der Waals surface area contributed by atoms with Crippen LogP contribution in [0.15, 0.2) is 77.8 Å². The van der Waals surface area contributed by atoms with Crippen LogP contribution >= 0.6 is 0 Å². The third-order valence-corrected chi connectivity index (χ3v) is 5.90. The molecule has 10 nitrogen and oxygen atoms in total. The highest BCUT2D eigenvalue weighted by atomic mass is 16.7. The van der Waals surface area contributed by atoms with Gasteiger partial charge in [-0.2, -0.15) is 0 Å². The monoisotopic (exact) mass is 516 g/mol. The molecule has 0 aliphatic heterocycles. The second-order valence-corrected chi connectivity index (χ2v) is 8.59. The molecule has 1 heterocycles. The molecule has 1 aromatic heterocycles. The third kappa shape index (κ3) is 6.24. The Hall–Kier alpha value is -4.51. The number of likely N-dealkylation sites (N-methyl/N-ethyl adjacent to an activating group) is 1. The number of aromatic nitrogens is 1. The van der Waals surface area contributed by atoms with E-state index in [4.69, 9.17) is 14.9 Å². The molecule has 0 atom stereocenters. The lowest BCUT2D eigenvalue weighted by atomic mass is 10.00. The standard InChI is InChI=1S/C28H28N4O6/c1-32(13-15-33)14-16-38-31-26(34)19-7-10-21(11-8-19)29-25(18-5-3-2-4-6-18)24-22-12-9-20(28(36)37)17-23(22)30-27(24)35/h2-12,17,30,33,35H,13-16H2,1H3,(H,31,34)(H,36,37). The van der Waals surface area contributed by atoms with Crippen LogP contribution in [0, 0.1) is 0 Å². The van der Waals surface area contributed by atoms with E-state index in [1.807, 2.05) is 42.3 Å². The Bertz CT molecular complexity index is 1450. The number of carboxylic acids is 1. The maximum Gasteiger partial charge on any atom is 0.335 e. The zero-order valence-corrected chi connectivity index (χ0v) is 20.7. The average molecular weight is 517 g/mol. The van der Waals surface area contributed by atoms with E-state index in [1.165, 1.54) is 12.1 Å². The number of hydrogen-bond donors (Lipinski definition) is 5. The molecular weight excluding hydrogens is 488 g/mol. The number of amides is 1. The number of rotatable bonds is 11. The number of benzene rings is 3. The lowest BCUT2D eigenvalue weighted by Crippen LogP contribution is -2.31. The Balaban J connectivity index is 1.59. The lowest BCUT2D eigenvalue weighted by molar-refractivity contribution is 0.0234. The molecular formula is C28H28N4O6. The second-order valence-electron chi connectivity index (χ2n) is 8.59. The van der Waals surface area contributed by atoms with Gasteiger partial charge in [0.25, 0.3) is 5.91 Å². The summed E-state index contributed by atoms with van der Waals surface area (Å²) < 4.78 is 0. The summed E-state index contributed by atoms with van der Waals surface area (Å²) in [5.41, 5.74) is 5.54. The lowest BCUT2D eigenvalue weighted by Gasteiger charge is -2.14. The van der Waals surface area contributed by atoms with Gasteiger partial charge in [0, 0.05) is 35.1 Å². The second kappa shape index (κ2) is 12.2. The van der Waals surface area contributed by atoms with Crippen LogP contribution in [0.1, 0.15) is 31.8 Å². The fraction of sp³-hybridized carbons (Fsp3) is 0.179. The molecule has 0 spiro atoms. The summed E-state index contributed by atoms with van der Waals surface area (Å²) in [7, 11) is 1.84. The van der Waals surface area contributed by atoms with Crippen molar-refractivity contribution in [3.05, 3.63) is 95.1 Å². The van der Waals surface area contributed by atoms with Gasteiger partial charge < -0.3 is 25.2 Å². The Kier molecular flexibility index (Phi) is 8.49. The van der Waals surface area contributed by atoms with Gasteiger partial charge in [0.2, 0.25) is 0 Å². The van der Waals surface area contributed by atoms with Gasteiger partial charge in [0.05, 0.1) is 35.7 Å². The number of carbonyl (C=O) groups is 2. The number of carboxylic acid groups (broad SMARTS) is 1. The summed E-state index contributed by atoms with van der Waals surface area (Å²) in [5, 5.41) is 29.6. The molecule has 5 N–H and O–H groups in total. The normalized spacial score (nSPS) is 11.7. The highest BCUT2D eigenvalue weighted by Gasteiger charge is 2.20. The van der Waals surface area contributed by atoms with Crippen molar-refractivity contribution in [1.29, 1.82) is 0 Å². The number of aromatic amines is 1. The van der Waals surface area contributed by atoms with Crippen LogP contribution in [0.2, 0.25) is 0 Å². The molecule has 0 saturated carbocycles. The molecule has 0 saturated heterocycles. The Morgan fingerprint density at radius 3 is 2.37 bits per heavy atom. The SMILES string of the molecule is CN(CCO)CCONC(=O)c1ccc(N=C(c2ccccc2)c2c(O)[nH]c3cc(C(=O)O)ccc23)cc1. The van der Waals surface area contributed by atoms with Crippen molar-refractivity contribution >= 4 is 34.2 Å². The van der Waals surface area contributed by atoms with Gasteiger partial charge in [-0.25, -0.2) is 15.3 Å². The van der Waals surface area contributed by atoms with E-state index in [2.05, 4.69) is 10.5 Å². The summed E-state index contributed by atoms with van der Waals surface area (Å²) in [4.78, 5) is 38.5. The molecule has 0 aliphatic rings. The van der Waals surface area contributed by atoms with E-state index in [1.54, 1.807) is 30.3 Å². The number of aliphatic hydroxyl groups is 1. The predicted octanol–water partition coefficient (Wildman–Crippen LogP) is 3.33. The maximum atomic E-state index is 12.4. The third-order valence-electron chi connectivity index (χ3n) is 5.90. The molecule has 38 heavy (non-hydrogen) atoms. The quantitative estimate of drug-likeness (QED) is 0.117. The number of H-pyrrole nitrogens is 1. The van der Waals surface area contributed by atoms with E-state index in [-0.39, 0.29) is 24.7 Å². The molecule has 0 radical (unpaired) electrons. The van der Waals surface area contributed by atoms with Crippen LogP contribution in [0.5, 0.6) is 5.88 Å². The van der Waals surface area contributed by atoms with Crippen LogP contribution in [0.3, 0.4) is 0 Å². The largest absolute Gasteiger partial charge is 0.494 e. The topological polar surface area (TPSA) is 147 Å². The number of aromatic hydroxyl groups is 1. The van der Waals surface area contributed by atoms with Gasteiger partial charge in [-0.1, -0.05) is 36.4 Å². The number of aliphatic hydroxyl groups excluding tert-OH is 1. The Labute approximate surface area is 218 Å². The van der Waals surface area contributed by atoms with Crippen molar-refractivity contribution in [2.75, 3.05) is 33.4 Å². The first-order valence-electron chi connectivity index (χ1n) is 11.9. The van der Waals surface area contributed by atoms with Crippen molar-refractivity contribution in [3.63, 3.8) is 0 Å². The Morgan fingerprint density at radius 1 is 0.974 bits per heavy atom. The summed E-state index contributed by atoms with van der Waals surface area (Å²) in [6, 6.07) is 20.5. The fourth-order valence-electron chi connectivity index (χ4n) is 3.89. The van der Waals surface area contributed by atoms with Crippen molar-refractivity contribution < 1.29 is 29.7 Å². The number of aliphatic imine (C=N–C) groups is 1. The smallest absolute Gasteiger partial charge is 0.335 e. The molecule has 0 aliphatic carbocycles. The van der Waals surface area contributed by atoms with E-state index in [9.17, 15) is 19.8 Å². The zero-order valence-electron chi connectivity index (χ0n) is 20.7. The van der Waals surface area contributed by atoms with E-state index < -0.39 is 11.9 Å². The van der Waals surface area contributed by atoms with Crippen molar-refractivity contribution in [2.24, 2.45) is 4.99 Å². The minimum Gasteiger partial charge on any atom is -0.494 e. The molecule has 4 rings (SSSR count). The summed E-state index contributed by atoms with van der Waals surface area (Å²) in [6.45, 7) is 1.39. The minimum atomic E-state index is -1.07. The van der Waals surface area contributed by atoms with Crippen molar-refractivity contribution in [1.82, 2.24) is 15.4 Å². The number of fused-ring (bicyclic) bond motifs is 1. The highest BCUT2D eigenvalue weighted by Crippen LogP contribution is 2.32. The van der Waals surface area contributed by atoms with Crippen LogP contribution in [0.25, 0.3) is 10.9 Å². The summed E-state index contributed by atoms with van der Waals surface area (Å²) in [6.07, 6.45) is 0. The van der Waals surface area contributed by atoms with E-state index in [0.29, 0.717) is 46.5 Å². The first-order chi connectivity index (χ1) is 18.4. The molecule has 3 aromatic carbocycles. The molecule has 196 valence electrons. The van der Waals surface area contributed by atoms with Crippen LogP contribution in [0.4, 0.5) is 5.69 Å². The molecule has 4 aromatic rings. The molecule has 0 fully saturated rings. The van der Waals surface area contributed by atoms with Crippen LogP contribution in [-0.4, -0.2) is 76.1 Å². The van der Waals surface area contributed by atoms with Crippen molar-refractivity contribution in [3.8, 4) is 5.88 Å². The molecule has 0 bridgehead atoms. The highest BCUT2D eigenvalue weighted by molar-refractivity contribution is 6.22. The van der Waals surface area contributed by atoms with Crippen LogP contribution in [-0.2, 0) is 4.84 Å². The van der Waals surface area contributed by atoms with E-state index >= 15 is 0 Å². The van der Waals surface area contributed by atoms with E-state index in [0.717, 1.165) is 5.56 Å². The fourth-order valence-corrected chi connectivity index (χ4v) is 3.89. The number of carbonyl (C=O) groups excluding carboxylic acids is 1. The summed E-state index contributed by atoms with van der Waals surface area (Å²) >= 11 is 0. The van der Waals surface area contributed by atoms with Gasteiger partial charge >= 0.3 is 5.97 Å². The predicted molar refractivity (Wildman–Crippen MR) is 143 cm³/mol.